The highest BCUT2D eigenvalue weighted by atomic mass is 35.5. The van der Waals surface area contributed by atoms with E-state index < -0.39 is 0 Å². The highest BCUT2D eigenvalue weighted by Crippen LogP contribution is 2.25. The Kier molecular flexibility index (Phi) is 5.99. The Morgan fingerprint density at radius 3 is 2.52 bits per heavy atom. The van der Waals surface area contributed by atoms with Crippen LogP contribution in [0.15, 0.2) is 59.7 Å². The fourth-order valence-corrected chi connectivity index (χ4v) is 2.96. The van der Waals surface area contributed by atoms with E-state index in [-0.39, 0.29) is 11.8 Å². The summed E-state index contributed by atoms with van der Waals surface area (Å²) in [6.07, 6.45) is 1.53. The third-order valence-electron chi connectivity index (χ3n) is 4.30. The monoisotopic (exact) mass is 400 g/mol. The second kappa shape index (κ2) is 8.42. The van der Waals surface area contributed by atoms with Gasteiger partial charge in [-0.25, -0.2) is 5.43 Å². The lowest BCUT2D eigenvalue weighted by atomic mass is 9.97. The van der Waals surface area contributed by atoms with Crippen LogP contribution in [0.3, 0.4) is 0 Å². The maximum absolute atomic E-state index is 12.4. The standard InChI is InChI=1S/C21H18Cl2N2O2/c1-13(15-4-5-17-11-18(27-2)7-6-16(17)10-15)21(26)25-24-12-14-3-8-19(22)20(23)9-14/h3-13H,1-2H3,(H,25,26)/b24-12-/t13-/m1/s1. The Morgan fingerprint density at radius 1 is 1.04 bits per heavy atom. The van der Waals surface area contributed by atoms with Crippen molar-refractivity contribution in [2.24, 2.45) is 5.10 Å². The van der Waals surface area contributed by atoms with E-state index in [0.29, 0.717) is 10.0 Å². The molecule has 0 saturated carbocycles. The van der Waals surface area contributed by atoms with Crippen molar-refractivity contribution < 1.29 is 9.53 Å². The summed E-state index contributed by atoms with van der Waals surface area (Å²) in [5, 5.41) is 7.02. The van der Waals surface area contributed by atoms with E-state index in [2.05, 4.69) is 10.5 Å². The highest BCUT2D eigenvalue weighted by molar-refractivity contribution is 6.42. The number of carbonyl (C=O) groups is 1. The predicted molar refractivity (Wildman–Crippen MR) is 111 cm³/mol. The molecule has 0 aliphatic heterocycles. The highest BCUT2D eigenvalue weighted by Gasteiger charge is 2.15. The van der Waals surface area contributed by atoms with Crippen molar-refractivity contribution in [2.45, 2.75) is 12.8 Å². The van der Waals surface area contributed by atoms with Gasteiger partial charge in [-0.05, 0) is 53.1 Å². The van der Waals surface area contributed by atoms with Crippen LogP contribution in [0.2, 0.25) is 10.0 Å². The maximum atomic E-state index is 12.4. The molecule has 0 bridgehead atoms. The third-order valence-corrected chi connectivity index (χ3v) is 5.04. The van der Waals surface area contributed by atoms with Gasteiger partial charge in [0.05, 0.1) is 29.3 Å². The van der Waals surface area contributed by atoms with E-state index >= 15 is 0 Å². The van der Waals surface area contributed by atoms with Crippen molar-refractivity contribution >= 4 is 46.1 Å². The fourth-order valence-electron chi connectivity index (χ4n) is 2.65. The third kappa shape index (κ3) is 4.59. The van der Waals surface area contributed by atoms with Crippen LogP contribution < -0.4 is 10.2 Å². The zero-order valence-electron chi connectivity index (χ0n) is 14.9. The first-order valence-electron chi connectivity index (χ1n) is 8.33. The van der Waals surface area contributed by atoms with E-state index in [0.717, 1.165) is 27.6 Å². The molecule has 0 fully saturated rings. The molecule has 0 aliphatic rings. The average molecular weight is 401 g/mol. The first kappa shape index (κ1) is 19.2. The van der Waals surface area contributed by atoms with E-state index in [1.807, 2.05) is 43.3 Å². The number of amides is 1. The lowest BCUT2D eigenvalue weighted by molar-refractivity contribution is -0.122. The molecule has 0 aliphatic carbocycles. The van der Waals surface area contributed by atoms with Crippen LogP contribution in [0.1, 0.15) is 24.0 Å². The molecule has 4 nitrogen and oxygen atoms in total. The van der Waals surface area contributed by atoms with Crippen molar-refractivity contribution in [3.8, 4) is 5.75 Å². The lowest BCUT2D eigenvalue weighted by Gasteiger charge is -2.11. The largest absolute Gasteiger partial charge is 0.497 e. The zero-order chi connectivity index (χ0) is 19.4. The molecule has 0 aromatic heterocycles. The first-order valence-corrected chi connectivity index (χ1v) is 9.09. The molecule has 27 heavy (non-hydrogen) atoms. The van der Waals surface area contributed by atoms with Crippen LogP contribution in [0.5, 0.6) is 5.75 Å². The number of fused-ring (bicyclic) bond motifs is 1. The summed E-state index contributed by atoms with van der Waals surface area (Å²) in [5.41, 5.74) is 4.22. The number of methoxy groups -OCH3 is 1. The second-order valence-electron chi connectivity index (χ2n) is 6.10. The molecule has 3 aromatic rings. The molecule has 0 spiro atoms. The van der Waals surface area contributed by atoms with Crippen molar-refractivity contribution in [1.29, 1.82) is 0 Å². The van der Waals surface area contributed by atoms with Gasteiger partial charge in [-0.15, -0.1) is 0 Å². The number of hydrazone groups is 1. The van der Waals surface area contributed by atoms with Gasteiger partial charge in [0.2, 0.25) is 5.91 Å². The molecule has 0 heterocycles. The van der Waals surface area contributed by atoms with Gasteiger partial charge in [0, 0.05) is 0 Å². The lowest BCUT2D eigenvalue weighted by Crippen LogP contribution is -2.23. The average Bonchev–Trinajstić information content (AvgIpc) is 2.69. The number of ether oxygens (including phenoxy) is 1. The van der Waals surface area contributed by atoms with Gasteiger partial charge in [0.1, 0.15) is 5.75 Å². The number of benzene rings is 3. The number of rotatable bonds is 5. The van der Waals surface area contributed by atoms with E-state index in [9.17, 15) is 4.79 Å². The summed E-state index contributed by atoms with van der Waals surface area (Å²) in [5.74, 6) is 0.263. The zero-order valence-corrected chi connectivity index (χ0v) is 16.4. The molecular weight excluding hydrogens is 383 g/mol. The smallest absolute Gasteiger partial charge is 0.247 e. The van der Waals surface area contributed by atoms with Gasteiger partial charge >= 0.3 is 0 Å². The summed E-state index contributed by atoms with van der Waals surface area (Å²) in [4.78, 5) is 12.4. The van der Waals surface area contributed by atoms with Crippen molar-refractivity contribution in [3.63, 3.8) is 0 Å². The van der Waals surface area contributed by atoms with Gasteiger partial charge in [0.25, 0.3) is 0 Å². The Bertz CT molecular complexity index is 1020. The SMILES string of the molecule is COc1ccc2cc([C@@H](C)C(=O)N/N=C\c3ccc(Cl)c(Cl)c3)ccc2c1. The number of hydrogen-bond donors (Lipinski definition) is 1. The molecule has 0 radical (unpaired) electrons. The minimum Gasteiger partial charge on any atom is -0.497 e. The number of nitrogens with one attached hydrogen (secondary N) is 1. The number of carbonyl (C=O) groups excluding carboxylic acids is 1. The maximum Gasteiger partial charge on any atom is 0.247 e. The predicted octanol–water partition coefficient (Wildman–Crippen LogP) is 5.41. The van der Waals surface area contributed by atoms with Crippen molar-refractivity contribution in [3.05, 3.63) is 75.8 Å². The molecular formula is C21H18Cl2N2O2. The molecule has 1 N–H and O–H groups in total. The van der Waals surface area contributed by atoms with E-state index in [4.69, 9.17) is 27.9 Å². The minimum atomic E-state index is -0.345. The molecule has 0 unspecified atom stereocenters. The molecule has 6 heteroatoms. The summed E-state index contributed by atoms with van der Waals surface area (Å²) in [6.45, 7) is 1.84. The van der Waals surface area contributed by atoms with Crippen LogP contribution >= 0.6 is 23.2 Å². The molecule has 3 aromatic carbocycles. The van der Waals surface area contributed by atoms with Crippen LogP contribution in [-0.4, -0.2) is 19.2 Å². The van der Waals surface area contributed by atoms with Crippen molar-refractivity contribution in [1.82, 2.24) is 5.43 Å². The Hall–Kier alpha value is -2.56. The second-order valence-corrected chi connectivity index (χ2v) is 6.92. The van der Waals surface area contributed by atoms with Gasteiger partial charge in [0.15, 0.2) is 0 Å². The summed E-state index contributed by atoms with van der Waals surface area (Å²) < 4.78 is 5.24. The van der Waals surface area contributed by atoms with Gasteiger partial charge in [-0.3, -0.25) is 4.79 Å². The Morgan fingerprint density at radius 2 is 1.78 bits per heavy atom. The molecule has 0 saturated heterocycles. The van der Waals surface area contributed by atoms with Crippen LogP contribution in [0.25, 0.3) is 10.8 Å². The number of nitrogens with zero attached hydrogens (tertiary/aromatic N) is 1. The minimum absolute atomic E-state index is 0.195. The Labute approximate surface area is 167 Å². The summed E-state index contributed by atoms with van der Waals surface area (Å²) >= 11 is 11.8. The Balaban J connectivity index is 1.70. The molecule has 1 atom stereocenters. The van der Waals surface area contributed by atoms with Crippen LogP contribution in [0.4, 0.5) is 0 Å². The normalized spacial score (nSPS) is 12.3. The molecule has 3 rings (SSSR count). The topological polar surface area (TPSA) is 50.7 Å². The van der Waals surface area contributed by atoms with Crippen LogP contribution in [0, 0.1) is 0 Å². The van der Waals surface area contributed by atoms with Gasteiger partial charge in [-0.1, -0.05) is 53.5 Å². The van der Waals surface area contributed by atoms with Gasteiger partial charge in [-0.2, -0.15) is 5.10 Å². The van der Waals surface area contributed by atoms with Crippen LogP contribution in [-0.2, 0) is 4.79 Å². The quantitative estimate of drug-likeness (QED) is 0.459. The van der Waals surface area contributed by atoms with Gasteiger partial charge < -0.3 is 4.74 Å². The number of hydrogen-bond acceptors (Lipinski definition) is 3. The van der Waals surface area contributed by atoms with E-state index in [1.54, 1.807) is 25.3 Å². The molecule has 1 amide bonds. The summed E-state index contributed by atoms with van der Waals surface area (Å²) in [6, 6.07) is 16.9. The summed E-state index contributed by atoms with van der Waals surface area (Å²) in [7, 11) is 1.64. The fraction of sp³-hybridized carbons (Fsp3) is 0.143. The van der Waals surface area contributed by atoms with Crippen molar-refractivity contribution in [2.75, 3.05) is 7.11 Å². The number of halogens is 2. The molecule has 138 valence electrons. The first-order chi connectivity index (χ1) is 13.0. The van der Waals surface area contributed by atoms with E-state index in [1.165, 1.54) is 6.21 Å².